The molecule has 0 aromatic heterocycles. The number of carbonyl (C=O) groups is 1. The molecule has 0 bridgehead atoms. The van der Waals surface area contributed by atoms with Crippen LogP contribution in [0.1, 0.15) is 63.4 Å². The van der Waals surface area contributed by atoms with Crippen LogP contribution in [0.3, 0.4) is 0 Å². The molecule has 2 fully saturated rings. The van der Waals surface area contributed by atoms with Crippen molar-refractivity contribution in [2.75, 3.05) is 13.1 Å². The highest BCUT2D eigenvalue weighted by atomic mass is 32.2. The van der Waals surface area contributed by atoms with E-state index in [1.54, 1.807) is 16.4 Å². The summed E-state index contributed by atoms with van der Waals surface area (Å²) in [7, 11) is -3.40. The summed E-state index contributed by atoms with van der Waals surface area (Å²) in [5, 5.41) is 3.09. The van der Waals surface area contributed by atoms with E-state index in [2.05, 4.69) is 5.32 Å². The number of sulfonamides is 1. The molecule has 5 nitrogen and oxygen atoms in total. The second-order valence-electron chi connectivity index (χ2n) is 7.51. The average Bonchev–Trinajstić information content (AvgIpc) is 2.98. The van der Waals surface area contributed by atoms with Crippen molar-refractivity contribution in [3.8, 4) is 0 Å². The molecule has 1 aliphatic heterocycles. The van der Waals surface area contributed by atoms with Crippen molar-refractivity contribution >= 4 is 15.9 Å². The number of aryl methyl sites for hydroxylation is 1. The van der Waals surface area contributed by atoms with Crippen LogP contribution >= 0.6 is 0 Å². The van der Waals surface area contributed by atoms with Crippen LogP contribution in [0, 0.1) is 0 Å². The topological polar surface area (TPSA) is 66.5 Å². The van der Waals surface area contributed by atoms with E-state index >= 15 is 0 Å². The molecule has 1 N–H and O–H groups in total. The lowest BCUT2D eigenvalue weighted by Gasteiger charge is -2.20. The van der Waals surface area contributed by atoms with Crippen LogP contribution in [-0.4, -0.2) is 37.8 Å². The molecule has 1 aromatic rings. The Morgan fingerprint density at radius 3 is 2.19 bits per heavy atom. The maximum absolute atomic E-state index is 12.8. The molecule has 144 valence electrons. The highest BCUT2D eigenvalue weighted by Crippen LogP contribution is 2.21. The van der Waals surface area contributed by atoms with Gasteiger partial charge < -0.3 is 5.32 Å². The molecule has 1 aromatic carbocycles. The van der Waals surface area contributed by atoms with Crippen molar-refractivity contribution in [3.05, 3.63) is 29.8 Å². The lowest BCUT2D eigenvalue weighted by Crippen LogP contribution is -2.32. The first-order chi connectivity index (χ1) is 12.6. The highest BCUT2D eigenvalue weighted by Gasteiger charge is 2.25. The van der Waals surface area contributed by atoms with E-state index in [1.165, 1.54) is 12.8 Å². The molecule has 1 saturated heterocycles. The molecule has 1 aliphatic carbocycles. The van der Waals surface area contributed by atoms with Crippen molar-refractivity contribution in [1.82, 2.24) is 9.62 Å². The van der Waals surface area contributed by atoms with Gasteiger partial charge in [0.2, 0.25) is 15.9 Å². The molecular weight excluding hydrogens is 348 g/mol. The number of amides is 1. The number of hydrogen-bond acceptors (Lipinski definition) is 3. The van der Waals surface area contributed by atoms with Crippen LogP contribution in [0.4, 0.5) is 0 Å². The molecule has 0 unspecified atom stereocenters. The Morgan fingerprint density at radius 1 is 0.962 bits per heavy atom. The fraction of sp³-hybridized carbons (Fsp3) is 0.650. The van der Waals surface area contributed by atoms with Gasteiger partial charge in [-0.2, -0.15) is 4.31 Å². The molecular formula is C20H30N2O3S. The zero-order valence-corrected chi connectivity index (χ0v) is 16.3. The van der Waals surface area contributed by atoms with Crippen molar-refractivity contribution < 1.29 is 13.2 Å². The van der Waals surface area contributed by atoms with Crippen molar-refractivity contribution in [2.24, 2.45) is 0 Å². The average molecular weight is 379 g/mol. The van der Waals surface area contributed by atoms with Gasteiger partial charge in [-0.05, 0) is 49.8 Å². The summed E-state index contributed by atoms with van der Waals surface area (Å²) >= 11 is 0. The standard InChI is InChI=1S/C20H30N2O3S/c23-20(21-18-7-3-4-8-18)14-11-17-9-12-19(13-10-17)26(24,25)22-15-5-1-2-6-16-22/h9-10,12-13,18H,1-8,11,14-16H2,(H,21,23). The third kappa shape index (κ3) is 5.07. The van der Waals surface area contributed by atoms with E-state index < -0.39 is 10.0 Å². The predicted molar refractivity (Wildman–Crippen MR) is 102 cm³/mol. The second kappa shape index (κ2) is 9.00. The first-order valence-electron chi connectivity index (χ1n) is 9.94. The second-order valence-corrected chi connectivity index (χ2v) is 9.45. The summed E-state index contributed by atoms with van der Waals surface area (Å²) in [6, 6.07) is 7.40. The summed E-state index contributed by atoms with van der Waals surface area (Å²) in [5.41, 5.74) is 1.00. The number of hydrogen-bond donors (Lipinski definition) is 1. The molecule has 1 saturated carbocycles. The fourth-order valence-corrected chi connectivity index (χ4v) is 5.40. The van der Waals surface area contributed by atoms with Gasteiger partial charge in [-0.25, -0.2) is 8.42 Å². The lowest BCUT2D eigenvalue weighted by atomic mass is 10.1. The quantitative estimate of drug-likeness (QED) is 0.826. The predicted octanol–water partition coefficient (Wildman–Crippen LogP) is 3.24. The van der Waals surface area contributed by atoms with Gasteiger partial charge in [-0.3, -0.25) is 4.79 Å². The van der Waals surface area contributed by atoms with Crippen LogP contribution in [-0.2, 0) is 21.2 Å². The van der Waals surface area contributed by atoms with Gasteiger partial charge >= 0.3 is 0 Å². The van der Waals surface area contributed by atoms with E-state index in [-0.39, 0.29) is 5.91 Å². The summed E-state index contributed by atoms with van der Waals surface area (Å²) in [5.74, 6) is 0.0955. The Balaban J connectivity index is 1.54. The van der Waals surface area contributed by atoms with Crippen molar-refractivity contribution in [3.63, 3.8) is 0 Å². The molecule has 26 heavy (non-hydrogen) atoms. The van der Waals surface area contributed by atoms with Gasteiger partial charge in [0.1, 0.15) is 0 Å². The first kappa shape index (κ1) is 19.4. The normalized spacial score (nSPS) is 20.0. The van der Waals surface area contributed by atoms with Crippen molar-refractivity contribution in [1.29, 1.82) is 0 Å². The fourth-order valence-electron chi connectivity index (χ4n) is 3.89. The number of carbonyl (C=O) groups excluding carboxylic acids is 1. The van der Waals surface area contributed by atoms with Crippen LogP contribution in [0.25, 0.3) is 0 Å². The van der Waals surface area contributed by atoms with Gasteiger partial charge in [0.15, 0.2) is 0 Å². The smallest absolute Gasteiger partial charge is 0.243 e. The molecule has 1 amide bonds. The van der Waals surface area contributed by atoms with Crippen LogP contribution in [0.5, 0.6) is 0 Å². The Morgan fingerprint density at radius 2 is 1.58 bits per heavy atom. The summed E-state index contributed by atoms with van der Waals surface area (Å²) in [4.78, 5) is 12.4. The molecule has 3 rings (SSSR count). The molecule has 2 aliphatic rings. The zero-order chi connectivity index (χ0) is 18.4. The Bertz CT molecular complexity index is 686. The van der Waals surface area contributed by atoms with E-state index in [1.807, 2.05) is 12.1 Å². The number of rotatable bonds is 6. The third-order valence-corrected chi connectivity index (χ3v) is 7.40. The monoisotopic (exact) mass is 378 g/mol. The van der Waals surface area contributed by atoms with Crippen molar-refractivity contribution in [2.45, 2.75) is 75.1 Å². The molecule has 0 spiro atoms. The maximum Gasteiger partial charge on any atom is 0.243 e. The van der Waals surface area contributed by atoms with Gasteiger partial charge in [0.05, 0.1) is 4.90 Å². The zero-order valence-electron chi connectivity index (χ0n) is 15.5. The van der Waals surface area contributed by atoms with E-state index in [9.17, 15) is 13.2 Å². The van der Waals surface area contributed by atoms with Gasteiger partial charge in [-0.1, -0.05) is 37.8 Å². The summed E-state index contributed by atoms with van der Waals surface area (Å²) < 4.78 is 27.2. The van der Waals surface area contributed by atoms with Crippen LogP contribution < -0.4 is 5.32 Å². The minimum absolute atomic E-state index is 0.0955. The Hall–Kier alpha value is -1.40. The largest absolute Gasteiger partial charge is 0.353 e. The Labute approximate surface area is 157 Å². The van der Waals surface area contributed by atoms with Gasteiger partial charge in [0, 0.05) is 25.6 Å². The number of nitrogens with zero attached hydrogens (tertiary/aromatic N) is 1. The SMILES string of the molecule is O=C(CCc1ccc(S(=O)(=O)N2CCCCCC2)cc1)NC1CCCC1. The lowest BCUT2D eigenvalue weighted by molar-refractivity contribution is -0.121. The third-order valence-electron chi connectivity index (χ3n) is 5.49. The minimum Gasteiger partial charge on any atom is -0.353 e. The molecule has 0 radical (unpaired) electrons. The van der Waals surface area contributed by atoms with Crippen LogP contribution in [0.15, 0.2) is 29.2 Å². The van der Waals surface area contributed by atoms with Crippen LogP contribution in [0.2, 0.25) is 0 Å². The summed E-state index contributed by atoms with van der Waals surface area (Å²) in [6.45, 7) is 1.23. The first-order valence-corrected chi connectivity index (χ1v) is 11.4. The minimum atomic E-state index is -3.40. The van der Waals surface area contributed by atoms with Gasteiger partial charge in [-0.15, -0.1) is 0 Å². The molecule has 6 heteroatoms. The Kier molecular flexibility index (Phi) is 6.70. The number of benzene rings is 1. The number of nitrogens with one attached hydrogen (secondary N) is 1. The van der Waals surface area contributed by atoms with E-state index in [0.717, 1.165) is 44.1 Å². The maximum atomic E-state index is 12.8. The molecule has 0 atom stereocenters. The van der Waals surface area contributed by atoms with Gasteiger partial charge in [0.25, 0.3) is 0 Å². The molecule has 1 heterocycles. The highest BCUT2D eigenvalue weighted by molar-refractivity contribution is 7.89. The summed E-state index contributed by atoms with van der Waals surface area (Å²) in [6.07, 6.45) is 9.78. The van der Waals surface area contributed by atoms with E-state index in [4.69, 9.17) is 0 Å². The van der Waals surface area contributed by atoms with E-state index in [0.29, 0.717) is 36.9 Å².